The van der Waals surface area contributed by atoms with Crippen LogP contribution >= 0.6 is 0 Å². The third-order valence-corrected chi connectivity index (χ3v) is 4.45. The van der Waals surface area contributed by atoms with Crippen LogP contribution in [-0.4, -0.2) is 30.7 Å². The lowest BCUT2D eigenvalue weighted by atomic mass is 10.0. The Balaban J connectivity index is 1.73. The molecular weight excluding hydrogens is 314 g/mol. The third kappa shape index (κ3) is 4.41. The summed E-state index contributed by atoms with van der Waals surface area (Å²) in [6, 6.07) is 18.0. The zero-order valence-electron chi connectivity index (χ0n) is 14.4. The quantitative estimate of drug-likeness (QED) is 0.793. The van der Waals surface area contributed by atoms with Crippen molar-refractivity contribution in [2.45, 2.75) is 25.5 Å². The molecule has 25 heavy (non-hydrogen) atoms. The van der Waals surface area contributed by atoms with Crippen LogP contribution in [0.1, 0.15) is 16.7 Å². The molecule has 3 rings (SSSR count). The van der Waals surface area contributed by atoms with Gasteiger partial charge in [0.2, 0.25) is 0 Å². The zero-order chi connectivity index (χ0) is 17.5. The fourth-order valence-corrected chi connectivity index (χ4v) is 3.11. The Morgan fingerprint density at radius 2 is 1.84 bits per heavy atom. The number of rotatable bonds is 4. The number of ether oxygens (including phenoxy) is 2. The average Bonchev–Trinajstić information content (AvgIpc) is 2.84. The van der Waals surface area contributed by atoms with Crippen LogP contribution < -0.4 is 0 Å². The van der Waals surface area contributed by atoms with E-state index in [1.807, 2.05) is 48.5 Å². The van der Waals surface area contributed by atoms with E-state index in [9.17, 15) is 4.79 Å². The smallest absolute Gasteiger partial charge is 0.410 e. The largest absolute Gasteiger partial charge is 0.505 e. The maximum absolute atomic E-state index is 12.7. The highest BCUT2D eigenvalue weighted by molar-refractivity contribution is 5.68. The Labute approximate surface area is 148 Å². The van der Waals surface area contributed by atoms with Crippen LogP contribution in [0.4, 0.5) is 4.79 Å². The number of carbonyl (C=O) groups excluding carboxylic acids is 1. The summed E-state index contributed by atoms with van der Waals surface area (Å²) in [7, 11) is 1.61. The number of fused-ring (bicyclic) bond motifs is 1. The van der Waals surface area contributed by atoms with Crippen molar-refractivity contribution in [3.05, 3.63) is 83.6 Å². The average molecular weight is 337 g/mol. The molecule has 2 aromatic carbocycles. The molecule has 0 N–H and O–H groups in total. The van der Waals surface area contributed by atoms with E-state index in [2.05, 4.69) is 12.1 Å². The molecule has 0 saturated heterocycles. The van der Waals surface area contributed by atoms with Crippen LogP contribution in [0.5, 0.6) is 0 Å². The molecule has 1 amide bonds. The van der Waals surface area contributed by atoms with Gasteiger partial charge in [0, 0.05) is 6.54 Å². The Bertz CT molecular complexity index is 727. The van der Waals surface area contributed by atoms with Gasteiger partial charge in [-0.3, -0.25) is 0 Å². The van der Waals surface area contributed by atoms with E-state index < -0.39 is 0 Å². The number of methoxy groups -OCH3 is 1. The monoisotopic (exact) mass is 337 g/mol. The summed E-state index contributed by atoms with van der Waals surface area (Å²) < 4.78 is 10.6. The van der Waals surface area contributed by atoms with Crippen molar-refractivity contribution < 1.29 is 14.3 Å². The SMILES string of the molecule is CO/C=C/[C@H]1Cc2ccccc2CCN1C(=O)OCc1ccccc1. The number of benzene rings is 2. The van der Waals surface area contributed by atoms with E-state index >= 15 is 0 Å². The summed E-state index contributed by atoms with van der Waals surface area (Å²) in [5.74, 6) is 0. The Morgan fingerprint density at radius 3 is 2.60 bits per heavy atom. The van der Waals surface area contributed by atoms with E-state index in [-0.39, 0.29) is 18.7 Å². The van der Waals surface area contributed by atoms with Crippen molar-refractivity contribution >= 4 is 6.09 Å². The summed E-state index contributed by atoms with van der Waals surface area (Å²) in [5.41, 5.74) is 3.54. The van der Waals surface area contributed by atoms with Gasteiger partial charge in [-0.2, -0.15) is 0 Å². The molecule has 0 aromatic heterocycles. The maximum atomic E-state index is 12.7. The molecule has 1 atom stereocenters. The zero-order valence-corrected chi connectivity index (χ0v) is 14.4. The van der Waals surface area contributed by atoms with Crippen LogP contribution in [-0.2, 0) is 28.9 Å². The predicted molar refractivity (Wildman–Crippen MR) is 97.1 cm³/mol. The number of nitrogens with zero attached hydrogens (tertiary/aromatic N) is 1. The van der Waals surface area contributed by atoms with Crippen molar-refractivity contribution in [3.63, 3.8) is 0 Å². The normalized spacial score (nSPS) is 17.0. The number of carbonyl (C=O) groups is 1. The Hall–Kier alpha value is -2.75. The van der Waals surface area contributed by atoms with Crippen LogP contribution in [0, 0.1) is 0 Å². The van der Waals surface area contributed by atoms with Gasteiger partial charge in [-0.25, -0.2) is 4.79 Å². The van der Waals surface area contributed by atoms with Gasteiger partial charge in [-0.15, -0.1) is 0 Å². The second-order valence-corrected chi connectivity index (χ2v) is 6.09. The second kappa shape index (κ2) is 8.38. The second-order valence-electron chi connectivity index (χ2n) is 6.09. The van der Waals surface area contributed by atoms with Gasteiger partial charge in [0.25, 0.3) is 0 Å². The van der Waals surface area contributed by atoms with E-state index in [0.717, 1.165) is 18.4 Å². The molecule has 0 unspecified atom stereocenters. The van der Waals surface area contributed by atoms with Gasteiger partial charge >= 0.3 is 6.09 Å². The maximum Gasteiger partial charge on any atom is 0.410 e. The van der Waals surface area contributed by atoms with Crippen molar-refractivity contribution in [2.24, 2.45) is 0 Å². The van der Waals surface area contributed by atoms with Crippen LogP contribution in [0.15, 0.2) is 66.9 Å². The van der Waals surface area contributed by atoms with Gasteiger partial charge in [-0.05, 0) is 35.6 Å². The number of hydrogen-bond acceptors (Lipinski definition) is 3. The Kier molecular flexibility index (Phi) is 5.73. The molecule has 1 aliphatic heterocycles. The molecule has 0 spiro atoms. The fraction of sp³-hybridized carbons (Fsp3) is 0.286. The third-order valence-electron chi connectivity index (χ3n) is 4.45. The van der Waals surface area contributed by atoms with Crippen LogP contribution in [0.3, 0.4) is 0 Å². The molecule has 4 heteroatoms. The molecule has 2 aromatic rings. The molecule has 0 fully saturated rings. The summed E-state index contributed by atoms with van der Waals surface area (Å²) in [5, 5.41) is 0. The van der Waals surface area contributed by atoms with Gasteiger partial charge < -0.3 is 14.4 Å². The molecular formula is C21H23NO3. The fourth-order valence-electron chi connectivity index (χ4n) is 3.11. The Morgan fingerprint density at radius 1 is 1.12 bits per heavy atom. The minimum atomic E-state index is -0.289. The molecule has 1 heterocycles. The first-order valence-electron chi connectivity index (χ1n) is 8.51. The van der Waals surface area contributed by atoms with E-state index in [1.165, 1.54) is 11.1 Å². The van der Waals surface area contributed by atoms with Crippen molar-refractivity contribution in [1.29, 1.82) is 0 Å². The lowest BCUT2D eigenvalue weighted by Crippen LogP contribution is -2.40. The molecule has 130 valence electrons. The number of hydrogen-bond donors (Lipinski definition) is 0. The van der Waals surface area contributed by atoms with Crippen molar-refractivity contribution in [2.75, 3.05) is 13.7 Å². The lowest BCUT2D eigenvalue weighted by molar-refractivity contribution is 0.0884. The van der Waals surface area contributed by atoms with Gasteiger partial charge in [-0.1, -0.05) is 54.6 Å². The summed E-state index contributed by atoms with van der Waals surface area (Å²) >= 11 is 0. The minimum absolute atomic E-state index is 0.0770. The molecule has 0 saturated carbocycles. The first kappa shape index (κ1) is 17.1. The van der Waals surface area contributed by atoms with E-state index in [1.54, 1.807) is 18.3 Å². The van der Waals surface area contributed by atoms with Gasteiger partial charge in [0.05, 0.1) is 19.4 Å². The lowest BCUT2D eigenvalue weighted by Gasteiger charge is -2.27. The topological polar surface area (TPSA) is 38.8 Å². The molecule has 4 nitrogen and oxygen atoms in total. The first-order valence-corrected chi connectivity index (χ1v) is 8.51. The first-order chi connectivity index (χ1) is 12.3. The highest BCUT2D eigenvalue weighted by atomic mass is 16.6. The predicted octanol–water partition coefficient (Wildman–Crippen LogP) is 3.95. The summed E-state index contributed by atoms with van der Waals surface area (Å²) in [4.78, 5) is 14.5. The van der Waals surface area contributed by atoms with Crippen LogP contribution in [0.25, 0.3) is 0 Å². The molecule has 0 bridgehead atoms. The van der Waals surface area contributed by atoms with E-state index in [4.69, 9.17) is 9.47 Å². The van der Waals surface area contributed by atoms with Crippen molar-refractivity contribution in [1.82, 2.24) is 4.90 Å². The molecule has 0 aliphatic carbocycles. The highest BCUT2D eigenvalue weighted by Crippen LogP contribution is 2.21. The van der Waals surface area contributed by atoms with Gasteiger partial charge in [0.15, 0.2) is 0 Å². The molecule has 1 aliphatic rings. The van der Waals surface area contributed by atoms with Crippen LogP contribution in [0.2, 0.25) is 0 Å². The van der Waals surface area contributed by atoms with Crippen molar-refractivity contribution in [3.8, 4) is 0 Å². The summed E-state index contributed by atoms with van der Waals surface area (Å²) in [6.07, 6.45) is 4.86. The molecule has 0 radical (unpaired) electrons. The highest BCUT2D eigenvalue weighted by Gasteiger charge is 2.27. The minimum Gasteiger partial charge on any atom is -0.505 e. The van der Waals surface area contributed by atoms with Gasteiger partial charge in [0.1, 0.15) is 6.61 Å². The van der Waals surface area contributed by atoms with E-state index in [0.29, 0.717) is 6.54 Å². The summed E-state index contributed by atoms with van der Waals surface area (Å²) in [6.45, 7) is 0.910. The number of amides is 1. The standard InChI is InChI=1S/C21H23NO3/c1-24-14-12-20-15-19-10-6-5-9-18(19)11-13-22(20)21(23)25-16-17-7-3-2-4-8-17/h2-10,12,14,20H,11,13,15-16H2,1H3/b14-12+/t20-/m0/s1.